The summed E-state index contributed by atoms with van der Waals surface area (Å²) in [6, 6.07) is 7.94. The minimum atomic E-state index is 0.655. The first-order valence-electron chi connectivity index (χ1n) is 6.32. The van der Waals surface area contributed by atoms with Gasteiger partial charge in [0.05, 0.1) is 12.2 Å². The summed E-state index contributed by atoms with van der Waals surface area (Å²) in [7, 11) is 0. The fraction of sp³-hybridized carbons (Fsp3) is 0.357. The lowest BCUT2D eigenvalue weighted by atomic mass is 10.2. The number of rotatable bonds is 6. The molecule has 1 aromatic heterocycles. The molecule has 2 rings (SSSR count). The molecular formula is C14H19N3O. The highest BCUT2D eigenvalue weighted by Crippen LogP contribution is 2.27. The van der Waals surface area contributed by atoms with Crippen molar-refractivity contribution in [1.29, 1.82) is 0 Å². The van der Waals surface area contributed by atoms with Crippen molar-refractivity contribution < 1.29 is 4.74 Å². The van der Waals surface area contributed by atoms with Gasteiger partial charge in [0.15, 0.2) is 0 Å². The number of aromatic amines is 1. The molecule has 2 N–H and O–H groups in total. The van der Waals surface area contributed by atoms with Gasteiger partial charge in [-0.25, -0.2) is 4.98 Å². The molecule has 4 nitrogen and oxygen atoms in total. The minimum absolute atomic E-state index is 0.655. The van der Waals surface area contributed by atoms with Crippen molar-refractivity contribution in [3.63, 3.8) is 0 Å². The topological polar surface area (TPSA) is 49.9 Å². The Morgan fingerprint density at radius 1 is 1.28 bits per heavy atom. The SMILES string of the molecule is CCNCc1cnc(-c2ccccc2OCC)[nH]1. The summed E-state index contributed by atoms with van der Waals surface area (Å²) in [5.74, 6) is 1.72. The third-order valence-corrected chi connectivity index (χ3v) is 2.64. The molecule has 0 aliphatic carbocycles. The van der Waals surface area contributed by atoms with E-state index in [0.29, 0.717) is 6.61 Å². The molecular weight excluding hydrogens is 226 g/mol. The average Bonchev–Trinajstić information content (AvgIpc) is 2.86. The lowest BCUT2D eigenvalue weighted by Crippen LogP contribution is -2.11. The Hall–Kier alpha value is -1.81. The molecule has 0 radical (unpaired) electrons. The predicted octanol–water partition coefficient (Wildman–Crippen LogP) is 2.58. The monoisotopic (exact) mass is 245 g/mol. The maximum absolute atomic E-state index is 5.61. The number of aromatic nitrogens is 2. The molecule has 18 heavy (non-hydrogen) atoms. The largest absolute Gasteiger partial charge is 0.493 e. The third kappa shape index (κ3) is 2.90. The maximum atomic E-state index is 5.61. The second-order valence-corrected chi connectivity index (χ2v) is 3.97. The number of hydrogen-bond acceptors (Lipinski definition) is 3. The number of hydrogen-bond donors (Lipinski definition) is 2. The van der Waals surface area contributed by atoms with E-state index in [4.69, 9.17) is 4.74 Å². The van der Waals surface area contributed by atoms with Gasteiger partial charge >= 0.3 is 0 Å². The van der Waals surface area contributed by atoms with Crippen LogP contribution in [0.15, 0.2) is 30.5 Å². The Morgan fingerprint density at radius 2 is 2.11 bits per heavy atom. The molecule has 0 saturated heterocycles. The summed E-state index contributed by atoms with van der Waals surface area (Å²) in [6.45, 7) is 6.48. The number of nitrogens with one attached hydrogen (secondary N) is 2. The van der Waals surface area contributed by atoms with Crippen molar-refractivity contribution in [2.45, 2.75) is 20.4 Å². The van der Waals surface area contributed by atoms with Crippen molar-refractivity contribution >= 4 is 0 Å². The smallest absolute Gasteiger partial charge is 0.141 e. The van der Waals surface area contributed by atoms with Gasteiger partial charge in [0.25, 0.3) is 0 Å². The van der Waals surface area contributed by atoms with Gasteiger partial charge in [-0.15, -0.1) is 0 Å². The zero-order valence-corrected chi connectivity index (χ0v) is 10.9. The van der Waals surface area contributed by atoms with Gasteiger partial charge in [-0.3, -0.25) is 0 Å². The first kappa shape index (κ1) is 12.6. The zero-order chi connectivity index (χ0) is 12.8. The lowest BCUT2D eigenvalue weighted by molar-refractivity contribution is 0.341. The molecule has 0 aliphatic rings. The predicted molar refractivity (Wildman–Crippen MR) is 72.6 cm³/mol. The molecule has 0 amide bonds. The second-order valence-electron chi connectivity index (χ2n) is 3.97. The Balaban J connectivity index is 2.22. The van der Waals surface area contributed by atoms with Crippen LogP contribution in [0.2, 0.25) is 0 Å². The average molecular weight is 245 g/mol. The molecule has 4 heteroatoms. The molecule has 1 aromatic carbocycles. The van der Waals surface area contributed by atoms with Gasteiger partial charge in [0.1, 0.15) is 11.6 Å². The van der Waals surface area contributed by atoms with Crippen molar-refractivity contribution in [3.05, 3.63) is 36.2 Å². The highest BCUT2D eigenvalue weighted by molar-refractivity contribution is 5.64. The van der Waals surface area contributed by atoms with Crippen LogP contribution in [0.1, 0.15) is 19.5 Å². The first-order chi connectivity index (χ1) is 8.85. The molecule has 1 heterocycles. The van der Waals surface area contributed by atoms with E-state index in [-0.39, 0.29) is 0 Å². The molecule has 0 saturated carbocycles. The van der Waals surface area contributed by atoms with Crippen LogP contribution < -0.4 is 10.1 Å². The quantitative estimate of drug-likeness (QED) is 0.822. The molecule has 0 aliphatic heterocycles. The van der Waals surface area contributed by atoms with Crippen molar-refractivity contribution in [2.75, 3.05) is 13.2 Å². The van der Waals surface area contributed by atoms with E-state index in [1.54, 1.807) is 0 Å². The van der Waals surface area contributed by atoms with Crippen LogP contribution >= 0.6 is 0 Å². The van der Waals surface area contributed by atoms with Crippen LogP contribution in [0.25, 0.3) is 11.4 Å². The van der Waals surface area contributed by atoms with E-state index in [1.807, 2.05) is 37.4 Å². The van der Waals surface area contributed by atoms with Crippen LogP contribution in [-0.4, -0.2) is 23.1 Å². The van der Waals surface area contributed by atoms with Gasteiger partial charge in [0.2, 0.25) is 0 Å². The summed E-state index contributed by atoms with van der Waals surface area (Å²) in [4.78, 5) is 7.72. The zero-order valence-electron chi connectivity index (χ0n) is 10.9. The van der Waals surface area contributed by atoms with E-state index in [0.717, 1.165) is 35.9 Å². The normalized spacial score (nSPS) is 10.6. The van der Waals surface area contributed by atoms with Crippen LogP contribution in [0.3, 0.4) is 0 Å². The van der Waals surface area contributed by atoms with Crippen LogP contribution in [0.5, 0.6) is 5.75 Å². The van der Waals surface area contributed by atoms with Gasteiger partial charge in [-0.1, -0.05) is 19.1 Å². The fourth-order valence-electron chi connectivity index (χ4n) is 1.79. The van der Waals surface area contributed by atoms with E-state index < -0.39 is 0 Å². The fourth-order valence-corrected chi connectivity index (χ4v) is 1.79. The van der Waals surface area contributed by atoms with Gasteiger partial charge < -0.3 is 15.0 Å². The molecule has 2 aromatic rings. The van der Waals surface area contributed by atoms with E-state index in [9.17, 15) is 0 Å². The minimum Gasteiger partial charge on any atom is -0.493 e. The van der Waals surface area contributed by atoms with Gasteiger partial charge in [-0.05, 0) is 25.6 Å². The molecule has 0 bridgehead atoms. The Bertz CT molecular complexity index is 493. The molecule has 96 valence electrons. The first-order valence-corrected chi connectivity index (χ1v) is 6.32. The van der Waals surface area contributed by atoms with Gasteiger partial charge in [0, 0.05) is 18.4 Å². The Kier molecular flexibility index (Phi) is 4.36. The summed E-state index contributed by atoms with van der Waals surface area (Å²) in [6.07, 6.45) is 1.86. The molecule has 0 fully saturated rings. The van der Waals surface area contributed by atoms with Crippen molar-refractivity contribution in [1.82, 2.24) is 15.3 Å². The number of para-hydroxylation sites is 1. The molecule has 0 atom stereocenters. The van der Waals surface area contributed by atoms with Crippen LogP contribution in [0.4, 0.5) is 0 Å². The number of benzene rings is 1. The van der Waals surface area contributed by atoms with Gasteiger partial charge in [-0.2, -0.15) is 0 Å². The highest BCUT2D eigenvalue weighted by Gasteiger charge is 2.08. The molecule has 0 unspecified atom stereocenters. The van der Waals surface area contributed by atoms with E-state index in [1.165, 1.54) is 0 Å². The summed E-state index contributed by atoms with van der Waals surface area (Å²) < 4.78 is 5.61. The summed E-state index contributed by atoms with van der Waals surface area (Å²) in [5, 5.41) is 3.27. The standard InChI is InChI=1S/C14H19N3O/c1-3-15-9-11-10-16-14(17-11)12-7-5-6-8-13(12)18-4-2/h5-8,10,15H,3-4,9H2,1-2H3,(H,16,17). The number of imidazole rings is 1. The Labute approximate surface area is 107 Å². The third-order valence-electron chi connectivity index (χ3n) is 2.64. The van der Waals surface area contributed by atoms with Crippen LogP contribution in [-0.2, 0) is 6.54 Å². The van der Waals surface area contributed by atoms with E-state index in [2.05, 4.69) is 22.2 Å². The molecule has 0 spiro atoms. The Morgan fingerprint density at radius 3 is 2.89 bits per heavy atom. The van der Waals surface area contributed by atoms with Crippen LogP contribution in [0, 0.1) is 0 Å². The number of H-pyrrole nitrogens is 1. The number of nitrogens with zero attached hydrogens (tertiary/aromatic N) is 1. The maximum Gasteiger partial charge on any atom is 0.141 e. The summed E-state index contributed by atoms with van der Waals surface area (Å²) >= 11 is 0. The summed E-state index contributed by atoms with van der Waals surface area (Å²) in [5.41, 5.74) is 2.08. The van der Waals surface area contributed by atoms with E-state index >= 15 is 0 Å². The second kappa shape index (κ2) is 6.21. The number of ether oxygens (including phenoxy) is 1. The van der Waals surface area contributed by atoms with Crippen molar-refractivity contribution in [2.24, 2.45) is 0 Å². The lowest BCUT2D eigenvalue weighted by Gasteiger charge is -2.07. The van der Waals surface area contributed by atoms with Crippen molar-refractivity contribution in [3.8, 4) is 17.1 Å². The highest BCUT2D eigenvalue weighted by atomic mass is 16.5.